The molecular formula is C42H70O15. The van der Waals surface area contributed by atoms with E-state index in [4.69, 9.17) is 71.1 Å². The normalized spacial score (nSPS) is 46.6. The summed E-state index contributed by atoms with van der Waals surface area (Å²) in [5.41, 5.74) is 0. The zero-order valence-corrected chi connectivity index (χ0v) is 34.3. The second kappa shape index (κ2) is 22.0. The average molecular weight is 815 g/mol. The van der Waals surface area contributed by atoms with Gasteiger partial charge in [0.1, 0.15) is 0 Å². The summed E-state index contributed by atoms with van der Waals surface area (Å²) in [4.78, 5) is 0. The van der Waals surface area contributed by atoms with Gasteiger partial charge in [0.25, 0.3) is 0 Å². The van der Waals surface area contributed by atoms with Crippen molar-refractivity contribution in [3.8, 4) is 0 Å². The standard InChI is InChI=1S/C42H70O15/c1-3-28-5-4-27(2)50-29-6-13-37(43-20-29)52-31-8-15-39(45-22-31)54-33-10-17-41(47-24-33)56-35-12-19-42(49-26-35)57-34-11-18-40(48-25-34)55-32-9-16-38(46-23-32)53-30-7-14-36(51-28)44-21-30/h27-42H,3-26H2,1-2H3. The van der Waals surface area contributed by atoms with Crippen molar-refractivity contribution in [3.63, 3.8) is 0 Å². The Morgan fingerprint density at radius 1 is 0.281 bits per heavy atom. The fourth-order valence-corrected chi connectivity index (χ4v) is 9.11. The molecule has 15 nitrogen and oxygen atoms in total. The molecule has 18 aliphatic heterocycles. The van der Waals surface area contributed by atoms with E-state index in [1.807, 2.05) is 0 Å². The molecule has 0 amide bonds. The molecule has 18 heterocycles. The van der Waals surface area contributed by atoms with Crippen LogP contribution in [0, 0.1) is 0 Å². The highest BCUT2D eigenvalue weighted by atomic mass is 16.8. The number of ether oxygens (including phenoxy) is 15. The van der Waals surface area contributed by atoms with Crippen LogP contribution in [0.2, 0.25) is 0 Å². The van der Waals surface area contributed by atoms with Crippen LogP contribution < -0.4 is 0 Å². The number of fused-ring (bicyclic) bond motifs is 1. The zero-order chi connectivity index (χ0) is 38.8. The van der Waals surface area contributed by atoms with Crippen LogP contribution in [0.5, 0.6) is 0 Å². The van der Waals surface area contributed by atoms with Crippen LogP contribution in [0.4, 0.5) is 0 Å². The Balaban J connectivity index is 0.788. The number of rotatable bonds is 1. The molecule has 57 heavy (non-hydrogen) atoms. The van der Waals surface area contributed by atoms with Crippen molar-refractivity contribution in [1.82, 2.24) is 0 Å². The highest BCUT2D eigenvalue weighted by Crippen LogP contribution is 2.31. The van der Waals surface area contributed by atoms with Gasteiger partial charge in [0.2, 0.25) is 0 Å². The molecule has 328 valence electrons. The fourth-order valence-electron chi connectivity index (χ4n) is 9.11. The monoisotopic (exact) mass is 814 g/mol. The van der Waals surface area contributed by atoms with E-state index in [0.29, 0.717) is 46.2 Å². The minimum Gasteiger partial charge on any atom is -0.373 e. The third-order valence-corrected chi connectivity index (χ3v) is 12.5. The van der Waals surface area contributed by atoms with Crippen molar-refractivity contribution in [3.05, 3.63) is 0 Å². The molecule has 14 bridgehead atoms. The highest BCUT2D eigenvalue weighted by Gasteiger charge is 2.36. The topological polar surface area (TPSA) is 138 Å². The summed E-state index contributed by atoms with van der Waals surface area (Å²) < 4.78 is 93.2. The maximum atomic E-state index is 6.41. The van der Waals surface area contributed by atoms with Crippen molar-refractivity contribution >= 4 is 0 Å². The third kappa shape index (κ3) is 13.4. The van der Waals surface area contributed by atoms with E-state index >= 15 is 0 Å². The predicted octanol–water partition coefficient (Wildman–Crippen LogP) is 5.62. The smallest absolute Gasteiger partial charge is 0.158 e. The Labute approximate surface area is 338 Å². The molecule has 0 radical (unpaired) electrons. The fraction of sp³-hybridized carbons (Fsp3) is 1.00. The lowest BCUT2D eigenvalue weighted by Gasteiger charge is -2.38. The van der Waals surface area contributed by atoms with Gasteiger partial charge in [-0.1, -0.05) is 6.92 Å². The Kier molecular flexibility index (Phi) is 16.6. The summed E-state index contributed by atoms with van der Waals surface area (Å²) in [5, 5.41) is 0. The van der Waals surface area contributed by atoms with Crippen LogP contribution in [0.3, 0.4) is 0 Å². The molecule has 0 saturated carbocycles. The van der Waals surface area contributed by atoms with Crippen LogP contribution in [0.25, 0.3) is 0 Å². The van der Waals surface area contributed by atoms with Crippen LogP contribution in [-0.2, 0) is 71.1 Å². The lowest BCUT2D eigenvalue weighted by Crippen LogP contribution is -2.44. The zero-order valence-electron chi connectivity index (χ0n) is 34.3. The molecule has 18 fully saturated rings. The minimum atomic E-state index is -0.257. The van der Waals surface area contributed by atoms with E-state index in [2.05, 4.69) is 13.8 Å². The lowest BCUT2D eigenvalue weighted by atomic mass is 10.1. The van der Waals surface area contributed by atoms with Crippen molar-refractivity contribution < 1.29 is 71.1 Å². The quantitative estimate of drug-likeness (QED) is 0.324. The first kappa shape index (κ1) is 43.1. The van der Waals surface area contributed by atoms with Gasteiger partial charge < -0.3 is 71.1 Å². The van der Waals surface area contributed by atoms with Gasteiger partial charge in [-0.2, -0.15) is 0 Å². The van der Waals surface area contributed by atoms with Gasteiger partial charge in [-0.3, -0.25) is 0 Å². The van der Waals surface area contributed by atoms with Gasteiger partial charge in [-0.05, 0) is 71.1 Å². The van der Waals surface area contributed by atoms with Crippen molar-refractivity contribution in [2.75, 3.05) is 46.2 Å². The summed E-state index contributed by atoms with van der Waals surface area (Å²) in [6, 6.07) is 0. The minimum absolute atomic E-state index is 0.00402. The Bertz CT molecular complexity index is 1110. The van der Waals surface area contributed by atoms with E-state index in [-0.39, 0.29) is 99.0 Å². The van der Waals surface area contributed by atoms with Gasteiger partial charge in [0.15, 0.2) is 44.0 Å². The first-order valence-electron chi connectivity index (χ1n) is 22.5. The summed E-state index contributed by atoms with van der Waals surface area (Å²) in [7, 11) is 0. The molecule has 0 aliphatic carbocycles. The van der Waals surface area contributed by atoms with Crippen LogP contribution in [0.15, 0.2) is 0 Å². The van der Waals surface area contributed by atoms with Gasteiger partial charge in [-0.15, -0.1) is 0 Å². The summed E-state index contributed by atoms with van der Waals surface area (Å²) in [6.07, 6.45) is 12.8. The van der Waals surface area contributed by atoms with E-state index in [9.17, 15) is 0 Å². The molecule has 0 aromatic heterocycles. The second-order valence-corrected chi connectivity index (χ2v) is 17.2. The maximum absolute atomic E-state index is 6.41. The van der Waals surface area contributed by atoms with E-state index in [1.54, 1.807) is 0 Å². The SMILES string of the molecule is CCC1CCC(C)OC2CCC(OC2)OC2CCC(OC2)OC2CCC(OC2)OC2CCC(OC2)OC2CCC(OC2)OC2CCC(OC2)OC2CCC(OC2)O1. The van der Waals surface area contributed by atoms with Gasteiger partial charge in [0, 0.05) is 44.9 Å². The molecule has 18 aliphatic rings. The van der Waals surface area contributed by atoms with Crippen LogP contribution in [0.1, 0.15) is 123 Å². The van der Waals surface area contributed by atoms with Gasteiger partial charge in [0.05, 0.1) is 101 Å². The van der Waals surface area contributed by atoms with E-state index in [0.717, 1.165) is 109 Å². The van der Waals surface area contributed by atoms with Gasteiger partial charge in [-0.25, -0.2) is 0 Å². The molecule has 18 saturated heterocycles. The first-order valence-corrected chi connectivity index (χ1v) is 22.5. The number of hydrogen-bond donors (Lipinski definition) is 0. The molecule has 18 rings (SSSR count). The molecule has 0 aromatic carbocycles. The van der Waals surface area contributed by atoms with Crippen molar-refractivity contribution in [1.29, 1.82) is 0 Å². The van der Waals surface area contributed by atoms with Crippen LogP contribution >= 0.6 is 0 Å². The molecule has 15 heteroatoms. The molecule has 16 unspecified atom stereocenters. The van der Waals surface area contributed by atoms with E-state index < -0.39 is 0 Å². The summed E-state index contributed by atoms with van der Waals surface area (Å²) >= 11 is 0. The lowest BCUT2D eigenvalue weighted by molar-refractivity contribution is -0.291. The van der Waals surface area contributed by atoms with Crippen molar-refractivity contribution in [2.24, 2.45) is 0 Å². The average Bonchev–Trinajstić information content (AvgIpc) is 3.24. The maximum Gasteiger partial charge on any atom is 0.158 e. The van der Waals surface area contributed by atoms with Crippen LogP contribution in [-0.4, -0.2) is 145 Å². The number of hydrogen-bond acceptors (Lipinski definition) is 15. The molecule has 0 N–H and O–H groups in total. The summed E-state index contributed by atoms with van der Waals surface area (Å²) in [6.45, 7) is 7.79. The molecular weight excluding hydrogens is 744 g/mol. The predicted molar refractivity (Wildman–Crippen MR) is 201 cm³/mol. The molecule has 16 atom stereocenters. The Morgan fingerprint density at radius 3 is 0.754 bits per heavy atom. The Hall–Kier alpha value is -0.600. The second-order valence-electron chi connectivity index (χ2n) is 17.2. The molecule has 0 spiro atoms. The van der Waals surface area contributed by atoms with E-state index in [1.165, 1.54) is 0 Å². The van der Waals surface area contributed by atoms with Crippen molar-refractivity contribution in [2.45, 2.75) is 222 Å². The largest absolute Gasteiger partial charge is 0.373 e. The molecule has 0 aromatic rings. The summed E-state index contributed by atoms with van der Waals surface area (Å²) in [5.74, 6) is 0. The highest BCUT2D eigenvalue weighted by molar-refractivity contribution is 4.77. The third-order valence-electron chi connectivity index (χ3n) is 12.5. The van der Waals surface area contributed by atoms with Gasteiger partial charge >= 0.3 is 0 Å². The first-order chi connectivity index (χ1) is 28.0. The Morgan fingerprint density at radius 2 is 0.526 bits per heavy atom.